The lowest BCUT2D eigenvalue weighted by atomic mass is 10.0. The number of thiophene rings is 1. The van der Waals surface area contributed by atoms with E-state index >= 15 is 0 Å². The second-order valence-corrected chi connectivity index (χ2v) is 4.50. The predicted molar refractivity (Wildman–Crippen MR) is 66.2 cm³/mol. The van der Waals surface area contributed by atoms with Gasteiger partial charge in [0.05, 0.1) is 6.04 Å². The average Bonchev–Trinajstić information content (AvgIpc) is 2.83. The Morgan fingerprint density at radius 1 is 1.18 bits per heavy atom. The Bertz CT molecular complexity index is 482. The molecule has 0 amide bonds. The van der Waals surface area contributed by atoms with Gasteiger partial charge in [-0.3, -0.25) is 0 Å². The Balaban J connectivity index is 2.35. The van der Waals surface area contributed by atoms with Gasteiger partial charge in [-0.05, 0) is 46.6 Å². The molecular formula is C13H13F2NS. The van der Waals surface area contributed by atoms with E-state index in [9.17, 15) is 8.78 Å². The molecule has 0 bridgehead atoms. The van der Waals surface area contributed by atoms with Crippen molar-refractivity contribution in [3.63, 3.8) is 0 Å². The maximum absolute atomic E-state index is 13.2. The molecule has 2 rings (SSSR count). The van der Waals surface area contributed by atoms with Gasteiger partial charge in [-0.2, -0.15) is 11.3 Å². The van der Waals surface area contributed by atoms with Crippen LogP contribution in [0.1, 0.15) is 24.1 Å². The predicted octanol–water partition coefficient (Wildman–Crippen LogP) is 3.73. The van der Waals surface area contributed by atoms with E-state index in [1.165, 1.54) is 12.1 Å². The number of rotatable bonds is 4. The molecule has 17 heavy (non-hydrogen) atoms. The molecule has 0 aliphatic heterocycles. The van der Waals surface area contributed by atoms with Gasteiger partial charge in [-0.25, -0.2) is 8.78 Å². The number of hydrogen-bond donors (Lipinski definition) is 1. The van der Waals surface area contributed by atoms with Gasteiger partial charge in [0.15, 0.2) is 11.6 Å². The maximum atomic E-state index is 13.2. The summed E-state index contributed by atoms with van der Waals surface area (Å²) in [6.07, 6.45) is 0. The second-order valence-electron chi connectivity index (χ2n) is 3.72. The van der Waals surface area contributed by atoms with E-state index in [1.807, 2.05) is 23.8 Å². The number of benzene rings is 1. The molecule has 1 N–H and O–H groups in total. The summed E-state index contributed by atoms with van der Waals surface area (Å²) >= 11 is 1.59. The van der Waals surface area contributed by atoms with Gasteiger partial charge in [-0.1, -0.05) is 13.0 Å². The molecule has 0 aliphatic carbocycles. The first-order chi connectivity index (χ1) is 8.22. The van der Waals surface area contributed by atoms with Crippen LogP contribution >= 0.6 is 11.3 Å². The summed E-state index contributed by atoms with van der Waals surface area (Å²) < 4.78 is 26.1. The molecule has 1 atom stereocenters. The monoisotopic (exact) mass is 253 g/mol. The van der Waals surface area contributed by atoms with Crippen LogP contribution in [0.25, 0.3) is 0 Å². The van der Waals surface area contributed by atoms with Crippen LogP contribution in [-0.4, -0.2) is 6.54 Å². The average molecular weight is 253 g/mol. The van der Waals surface area contributed by atoms with E-state index in [4.69, 9.17) is 0 Å². The van der Waals surface area contributed by atoms with Crippen LogP contribution in [0.3, 0.4) is 0 Å². The summed E-state index contributed by atoms with van der Waals surface area (Å²) in [5.74, 6) is -1.62. The van der Waals surface area contributed by atoms with Crippen LogP contribution in [0.5, 0.6) is 0 Å². The SMILES string of the molecule is CCNC(c1ccsc1)c1ccc(F)c(F)c1. The van der Waals surface area contributed by atoms with Gasteiger partial charge in [0.2, 0.25) is 0 Å². The molecule has 90 valence electrons. The normalized spacial score (nSPS) is 12.6. The van der Waals surface area contributed by atoms with Crippen molar-refractivity contribution in [2.24, 2.45) is 0 Å². The van der Waals surface area contributed by atoms with Gasteiger partial charge in [0.25, 0.3) is 0 Å². The fourth-order valence-electron chi connectivity index (χ4n) is 1.76. The summed E-state index contributed by atoms with van der Waals surface area (Å²) in [4.78, 5) is 0. The van der Waals surface area contributed by atoms with Crippen molar-refractivity contribution in [2.75, 3.05) is 6.54 Å². The van der Waals surface area contributed by atoms with Crippen LogP contribution < -0.4 is 5.32 Å². The Labute approximate surface area is 103 Å². The number of nitrogens with one attached hydrogen (secondary N) is 1. The van der Waals surface area contributed by atoms with Gasteiger partial charge in [-0.15, -0.1) is 0 Å². The van der Waals surface area contributed by atoms with Crippen molar-refractivity contribution in [3.8, 4) is 0 Å². The zero-order valence-electron chi connectivity index (χ0n) is 9.41. The molecule has 1 heterocycles. The summed E-state index contributed by atoms with van der Waals surface area (Å²) in [7, 11) is 0. The molecule has 0 saturated carbocycles. The molecule has 0 aliphatic rings. The van der Waals surface area contributed by atoms with Crippen LogP contribution in [0.4, 0.5) is 8.78 Å². The van der Waals surface area contributed by atoms with Crippen molar-refractivity contribution in [1.82, 2.24) is 5.32 Å². The molecule has 0 radical (unpaired) electrons. The zero-order valence-corrected chi connectivity index (χ0v) is 10.2. The Morgan fingerprint density at radius 2 is 2.00 bits per heavy atom. The molecule has 4 heteroatoms. The van der Waals surface area contributed by atoms with Crippen molar-refractivity contribution in [2.45, 2.75) is 13.0 Å². The van der Waals surface area contributed by atoms with Gasteiger partial charge >= 0.3 is 0 Å². The highest BCUT2D eigenvalue weighted by Crippen LogP contribution is 2.25. The standard InChI is InChI=1S/C13H13F2NS/c1-2-16-13(10-5-6-17-8-10)9-3-4-11(14)12(15)7-9/h3-8,13,16H,2H2,1H3. The molecule has 1 aromatic carbocycles. The second kappa shape index (κ2) is 5.38. The lowest BCUT2D eigenvalue weighted by molar-refractivity contribution is 0.504. The third-order valence-corrected chi connectivity index (χ3v) is 3.26. The topological polar surface area (TPSA) is 12.0 Å². The third kappa shape index (κ3) is 2.70. The van der Waals surface area contributed by atoms with Gasteiger partial charge in [0, 0.05) is 0 Å². The highest BCUT2D eigenvalue weighted by molar-refractivity contribution is 7.08. The smallest absolute Gasteiger partial charge is 0.159 e. The zero-order chi connectivity index (χ0) is 12.3. The van der Waals surface area contributed by atoms with E-state index in [0.717, 1.165) is 17.7 Å². The Morgan fingerprint density at radius 3 is 2.59 bits per heavy atom. The first-order valence-corrected chi connectivity index (χ1v) is 6.37. The van der Waals surface area contributed by atoms with Crippen molar-refractivity contribution in [1.29, 1.82) is 0 Å². The van der Waals surface area contributed by atoms with Crippen LogP contribution in [0.15, 0.2) is 35.0 Å². The highest BCUT2D eigenvalue weighted by atomic mass is 32.1. The molecule has 0 spiro atoms. The number of halogens is 2. The summed E-state index contributed by atoms with van der Waals surface area (Å²) in [6.45, 7) is 2.75. The Hall–Kier alpha value is -1.26. The van der Waals surface area contributed by atoms with Gasteiger partial charge < -0.3 is 5.32 Å². The first kappa shape index (κ1) is 12.2. The highest BCUT2D eigenvalue weighted by Gasteiger charge is 2.15. The quantitative estimate of drug-likeness (QED) is 0.875. The Kier molecular flexibility index (Phi) is 3.86. The molecule has 0 fully saturated rings. The summed E-state index contributed by atoms with van der Waals surface area (Å²) in [6, 6.07) is 5.94. The van der Waals surface area contributed by atoms with Crippen molar-refractivity contribution >= 4 is 11.3 Å². The summed E-state index contributed by atoms with van der Waals surface area (Å²) in [5, 5.41) is 7.25. The van der Waals surface area contributed by atoms with Crippen LogP contribution in [0.2, 0.25) is 0 Å². The van der Waals surface area contributed by atoms with Gasteiger partial charge in [0.1, 0.15) is 0 Å². The van der Waals surface area contributed by atoms with E-state index in [1.54, 1.807) is 17.4 Å². The first-order valence-electron chi connectivity index (χ1n) is 5.42. The molecule has 2 aromatic rings. The molecule has 1 unspecified atom stereocenters. The molecule has 1 aromatic heterocycles. The minimum atomic E-state index is -0.811. The molecule has 1 nitrogen and oxygen atoms in total. The van der Waals surface area contributed by atoms with Crippen molar-refractivity contribution < 1.29 is 8.78 Å². The van der Waals surface area contributed by atoms with Crippen LogP contribution in [-0.2, 0) is 0 Å². The lowest BCUT2D eigenvalue weighted by Gasteiger charge is -2.17. The third-order valence-electron chi connectivity index (χ3n) is 2.56. The van der Waals surface area contributed by atoms with E-state index in [0.29, 0.717) is 0 Å². The van der Waals surface area contributed by atoms with Crippen molar-refractivity contribution in [3.05, 3.63) is 57.8 Å². The fraction of sp³-hybridized carbons (Fsp3) is 0.231. The lowest BCUT2D eigenvalue weighted by Crippen LogP contribution is -2.21. The summed E-state index contributed by atoms with van der Waals surface area (Å²) in [5.41, 5.74) is 1.81. The maximum Gasteiger partial charge on any atom is 0.159 e. The van der Waals surface area contributed by atoms with E-state index < -0.39 is 11.6 Å². The van der Waals surface area contributed by atoms with E-state index in [-0.39, 0.29) is 6.04 Å². The van der Waals surface area contributed by atoms with Crippen LogP contribution in [0, 0.1) is 11.6 Å². The van der Waals surface area contributed by atoms with E-state index in [2.05, 4.69) is 5.32 Å². The molecule has 0 saturated heterocycles. The number of hydrogen-bond acceptors (Lipinski definition) is 2. The minimum Gasteiger partial charge on any atom is -0.307 e. The molecular weight excluding hydrogens is 240 g/mol. The largest absolute Gasteiger partial charge is 0.307 e. The minimum absolute atomic E-state index is 0.0821. The fourth-order valence-corrected chi connectivity index (χ4v) is 2.45.